The van der Waals surface area contributed by atoms with E-state index in [4.69, 9.17) is 8.85 Å². The minimum Gasteiger partial charge on any atom is -0.411 e. The van der Waals surface area contributed by atoms with Crippen LogP contribution in [0.5, 0.6) is 0 Å². The molecule has 0 spiro atoms. The van der Waals surface area contributed by atoms with E-state index in [1.807, 2.05) is 14.2 Å². The average Bonchev–Trinajstić information content (AvgIpc) is 2.92. The third-order valence-corrected chi connectivity index (χ3v) is 15.9. The van der Waals surface area contributed by atoms with Crippen molar-refractivity contribution in [2.75, 3.05) is 14.2 Å². The summed E-state index contributed by atoms with van der Waals surface area (Å²) in [6.07, 6.45) is 0. The Balaban J connectivity index is 1.76. The lowest BCUT2D eigenvalue weighted by atomic mass is 10.3. The maximum Gasteiger partial charge on any atom is 0.255 e. The zero-order valence-electron chi connectivity index (χ0n) is 20.4. The summed E-state index contributed by atoms with van der Waals surface area (Å²) in [6.45, 7) is 2.37. The Labute approximate surface area is 206 Å². The molecule has 0 N–H and O–H groups in total. The van der Waals surface area contributed by atoms with Crippen LogP contribution in [0.2, 0.25) is 12.1 Å². The van der Waals surface area contributed by atoms with Gasteiger partial charge >= 0.3 is 0 Å². The molecule has 0 heterocycles. The van der Waals surface area contributed by atoms with Gasteiger partial charge in [0.1, 0.15) is 0 Å². The van der Waals surface area contributed by atoms with Crippen LogP contribution >= 0.6 is 0 Å². The molecule has 0 fully saturated rings. The van der Waals surface area contributed by atoms with E-state index in [9.17, 15) is 0 Å². The maximum atomic E-state index is 6.55. The summed E-state index contributed by atoms with van der Waals surface area (Å²) in [4.78, 5) is 0. The number of rotatable bonds is 10. The molecule has 0 aliphatic carbocycles. The first-order valence-corrected chi connectivity index (χ1v) is 16.2. The topological polar surface area (TPSA) is 18.5 Å². The Morgan fingerprint density at radius 3 is 0.912 bits per heavy atom. The molecule has 4 heteroatoms. The normalized spacial score (nSPS) is 12.1. The highest BCUT2D eigenvalue weighted by atomic mass is 28.4. The molecule has 0 aromatic heterocycles. The Hall–Kier alpha value is -2.77. The zero-order chi connectivity index (χ0) is 23.9. The van der Waals surface area contributed by atoms with E-state index in [0.29, 0.717) is 5.92 Å². The van der Waals surface area contributed by atoms with Crippen molar-refractivity contribution in [2.24, 2.45) is 5.92 Å². The summed E-state index contributed by atoms with van der Waals surface area (Å²) < 4.78 is 13.1. The lowest BCUT2D eigenvalue weighted by molar-refractivity contribution is 0.395. The zero-order valence-corrected chi connectivity index (χ0v) is 22.4. The average molecular weight is 483 g/mol. The fourth-order valence-corrected chi connectivity index (χ4v) is 13.7. The van der Waals surface area contributed by atoms with E-state index in [1.165, 1.54) is 20.7 Å². The molecule has 0 bridgehead atoms. The minimum atomic E-state index is -2.43. The van der Waals surface area contributed by atoms with Gasteiger partial charge in [0.2, 0.25) is 0 Å². The number of hydrogen-bond acceptors (Lipinski definition) is 2. The van der Waals surface area contributed by atoms with Gasteiger partial charge in [0.15, 0.2) is 0 Å². The Morgan fingerprint density at radius 1 is 0.471 bits per heavy atom. The minimum absolute atomic E-state index is 0.402. The van der Waals surface area contributed by atoms with E-state index < -0.39 is 16.6 Å². The summed E-state index contributed by atoms with van der Waals surface area (Å²) in [6, 6.07) is 45.3. The molecule has 0 aliphatic rings. The molecule has 174 valence electrons. The van der Waals surface area contributed by atoms with Crippen LogP contribution in [0.3, 0.4) is 0 Å². The van der Waals surface area contributed by atoms with E-state index in [-0.39, 0.29) is 0 Å². The number of hydrogen-bond donors (Lipinski definition) is 0. The molecule has 0 saturated heterocycles. The van der Waals surface area contributed by atoms with Crippen molar-refractivity contribution < 1.29 is 8.85 Å². The molecule has 34 heavy (non-hydrogen) atoms. The molecule has 2 nitrogen and oxygen atoms in total. The maximum absolute atomic E-state index is 6.55. The van der Waals surface area contributed by atoms with Crippen molar-refractivity contribution in [2.45, 2.75) is 19.0 Å². The highest BCUT2D eigenvalue weighted by Crippen LogP contribution is 2.27. The standard InChI is InChI=1S/C30H34O2Si2/c1-26(24-33(31-2,27-16-8-4-9-17-27)28-18-10-5-11-19-28)25-34(32-3,29-20-12-6-13-21-29)30-22-14-7-15-23-30/h4-23,26H,24-25H2,1-3H3. The van der Waals surface area contributed by atoms with Crippen molar-refractivity contribution in [3.63, 3.8) is 0 Å². The van der Waals surface area contributed by atoms with Gasteiger partial charge in [0, 0.05) is 14.2 Å². The van der Waals surface area contributed by atoms with Crippen LogP contribution in [0, 0.1) is 5.92 Å². The first kappa shape index (κ1) is 24.4. The Bertz CT molecular complexity index is 964. The van der Waals surface area contributed by atoms with Gasteiger partial charge < -0.3 is 8.85 Å². The lowest BCUT2D eigenvalue weighted by Crippen LogP contribution is -2.63. The molecule has 4 aromatic carbocycles. The van der Waals surface area contributed by atoms with Gasteiger partial charge in [-0.15, -0.1) is 0 Å². The van der Waals surface area contributed by atoms with Crippen molar-refractivity contribution in [1.29, 1.82) is 0 Å². The first-order chi connectivity index (χ1) is 16.6. The molecule has 0 unspecified atom stereocenters. The summed E-state index contributed by atoms with van der Waals surface area (Å²) in [7, 11) is -1.07. The molecule has 0 amide bonds. The SMILES string of the molecule is CO[Si](CC(C)C[Si](OC)(c1ccccc1)c1ccccc1)(c1ccccc1)c1ccccc1. The second-order valence-corrected chi connectivity index (χ2v) is 16.3. The van der Waals surface area contributed by atoms with Gasteiger partial charge in [0.05, 0.1) is 0 Å². The highest BCUT2D eigenvalue weighted by molar-refractivity contribution is 6.99. The summed E-state index contributed by atoms with van der Waals surface area (Å²) >= 11 is 0. The van der Waals surface area contributed by atoms with Gasteiger partial charge in [-0.25, -0.2) is 0 Å². The highest BCUT2D eigenvalue weighted by Gasteiger charge is 2.44. The summed E-state index contributed by atoms with van der Waals surface area (Å²) in [5, 5.41) is 5.28. The molecule has 0 aliphatic heterocycles. The smallest absolute Gasteiger partial charge is 0.255 e. The quantitative estimate of drug-likeness (QED) is 0.311. The molecule has 0 saturated carbocycles. The van der Waals surface area contributed by atoms with Crippen LogP contribution in [0.4, 0.5) is 0 Å². The summed E-state index contributed by atoms with van der Waals surface area (Å²) in [5.74, 6) is 0.402. The van der Waals surface area contributed by atoms with E-state index >= 15 is 0 Å². The van der Waals surface area contributed by atoms with Crippen LogP contribution in [-0.2, 0) is 8.85 Å². The second-order valence-electron chi connectivity index (χ2n) is 9.04. The van der Waals surface area contributed by atoms with Gasteiger partial charge in [-0.2, -0.15) is 0 Å². The number of benzene rings is 4. The van der Waals surface area contributed by atoms with E-state index in [2.05, 4.69) is 128 Å². The monoisotopic (exact) mass is 482 g/mol. The van der Waals surface area contributed by atoms with Crippen molar-refractivity contribution in [3.05, 3.63) is 121 Å². The predicted molar refractivity (Wildman–Crippen MR) is 149 cm³/mol. The molecule has 4 aromatic rings. The van der Waals surface area contributed by atoms with Gasteiger partial charge in [-0.1, -0.05) is 128 Å². The van der Waals surface area contributed by atoms with E-state index in [1.54, 1.807) is 0 Å². The summed E-state index contributed by atoms with van der Waals surface area (Å²) in [5.41, 5.74) is 0. The Morgan fingerprint density at radius 2 is 0.706 bits per heavy atom. The van der Waals surface area contributed by atoms with E-state index in [0.717, 1.165) is 12.1 Å². The molecule has 0 radical (unpaired) electrons. The Kier molecular flexibility index (Phi) is 7.96. The molecule has 4 rings (SSSR count). The van der Waals surface area contributed by atoms with Crippen LogP contribution in [0.25, 0.3) is 0 Å². The van der Waals surface area contributed by atoms with Gasteiger partial charge in [0.25, 0.3) is 16.6 Å². The third kappa shape index (κ3) is 4.86. The van der Waals surface area contributed by atoms with Crippen LogP contribution in [0.1, 0.15) is 6.92 Å². The molecular formula is C30H34O2Si2. The van der Waals surface area contributed by atoms with Crippen molar-refractivity contribution >= 4 is 37.4 Å². The van der Waals surface area contributed by atoms with Gasteiger partial charge in [-0.3, -0.25) is 0 Å². The van der Waals surface area contributed by atoms with Gasteiger partial charge in [-0.05, 0) is 38.8 Å². The molecular weight excluding hydrogens is 449 g/mol. The third-order valence-electron chi connectivity index (χ3n) is 6.93. The predicted octanol–water partition coefficient (Wildman–Crippen LogP) is 4.44. The van der Waals surface area contributed by atoms with Crippen LogP contribution in [-0.4, -0.2) is 30.9 Å². The lowest BCUT2D eigenvalue weighted by Gasteiger charge is -2.37. The van der Waals surface area contributed by atoms with Crippen molar-refractivity contribution in [1.82, 2.24) is 0 Å². The van der Waals surface area contributed by atoms with Crippen LogP contribution in [0.15, 0.2) is 121 Å². The second kappa shape index (κ2) is 11.1. The van der Waals surface area contributed by atoms with Crippen molar-refractivity contribution in [3.8, 4) is 0 Å². The first-order valence-electron chi connectivity index (χ1n) is 12.0. The largest absolute Gasteiger partial charge is 0.411 e. The fourth-order valence-electron chi connectivity index (χ4n) is 5.33. The fraction of sp³-hybridized carbons (Fsp3) is 0.200. The molecule has 0 atom stereocenters. The van der Waals surface area contributed by atoms with Crippen LogP contribution < -0.4 is 20.7 Å².